The second-order valence-corrected chi connectivity index (χ2v) is 3.65. The van der Waals surface area contributed by atoms with Gasteiger partial charge < -0.3 is 14.3 Å². The Hall–Kier alpha value is -2.51. The van der Waals surface area contributed by atoms with Crippen molar-refractivity contribution in [1.29, 1.82) is 0 Å². The van der Waals surface area contributed by atoms with Crippen molar-refractivity contribution in [3.63, 3.8) is 0 Å². The molecule has 0 radical (unpaired) electrons. The second-order valence-electron chi connectivity index (χ2n) is 3.65. The molecule has 0 unspecified atom stereocenters. The number of hydrogen-bond donors (Lipinski definition) is 1. The van der Waals surface area contributed by atoms with Crippen LogP contribution >= 0.6 is 0 Å². The van der Waals surface area contributed by atoms with Gasteiger partial charge >= 0.3 is 11.9 Å². The highest BCUT2D eigenvalue weighted by Crippen LogP contribution is 2.29. The number of aromatic carboxylic acids is 1. The number of carbonyl (C=O) groups is 1. The van der Waals surface area contributed by atoms with E-state index in [9.17, 15) is 18.0 Å². The van der Waals surface area contributed by atoms with Gasteiger partial charge in [-0.1, -0.05) is 0 Å². The molecule has 0 saturated heterocycles. The average Bonchev–Trinajstić information content (AvgIpc) is 2.80. The summed E-state index contributed by atoms with van der Waals surface area (Å²) in [5, 5.41) is 8.90. The molecule has 0 saturated carbocycles. The van der Waals surface area contributed by atoms with Gasteiger partial charge in [-0.15, -0.1) is 0 Å². The van der Waals surface area contributed by atoms with E-state index >= 15 is 0 Å². The monoisotopic (exact) mass is 287 g/mol. The Kier molecular flexibility index (Phi) is 3.64. The quantitative estimate of drug-likeness (QED) is 0.875. The molecule has 0 aliphatic rings. The van der Waals surface area contributed by atoms with Crippen molar-refractivity contribution < 1.29 is 32.2 Å². The zero-order chi connectivity index (χ0) is 14.9. The minimum absolute atomic E-state index is 0.112. The Morgan fingerprint density at radius 3 is 2.45 bits per heavy atom. The van der Waals surface area contributed by atoms with Crippen LogP contribution in [0.25, 0.3) is 11.5 Å². The van der Waals surface area contributed by atoms with Crippen molar-refractivity contribution in [1.82, 2.24) is 4.98 Å². The molecular weight excluding hydrogens is 279 g/mol. The number of carboxylic acid groups (broad SMARTS) is 1. The van der Waals surface area contributed by atoms with E-state index in [4.69, 9.17) is 14.3 Å². The van der Waals surface area contributed by atoms with Crippen molar-refractivity contribution in [2.24, 2.45) is 0 Å². The minimum atomic E-state index is -1.64. The summed E-state index contributed by atoms with van der Waals surface area (Å²) >= 11 is 0. The summed E-state index contributed by atoms with van der Waals surface area (Å²) in [4.78, 5) is 14.5. The predicted molar refractivity (Wildman–Crippen MR) is 59.9 cm³/mol. The number of oxazole rings is 1. The Balaban J connectivity index is 2.53. The predicted octanol–water partition coefficient (Wildman–Crippen LogP) is 2.86. The van der Waals surface area contributed by atoms with E-state index in [0.717, 1.165) is 0 Å². The number of nitrogens with zero attached hydrogens (tertiary/aromatic N) is 1. The summed E-state index contributed by atoms with van der Waals surface area (Å²) in [6.07, 6.45) is 0. The van der Waals surface area contributed by atoms with Gasteiger partial charge in [0.25, 0.3) is 0 Å². The van der Waals surface area contributed by atoms with Crippen LogP contribution in [0.1, 0.15) is 17.4 Å². The SMILES string of the molecule is CCOc1oc(-c2cc(F)c(F)c(F)c2)nc1C(=O)O. The number of benzene rings is 1. The molecule has 2 aromatic rings. The number of halogens is 3. The summed E-state index contributed by atoms with van der Waals surface area (Å²) < 4.78 is 49.0. The number of aromatic nitrogens is 1. The van der Waals surface area contributed by atoms with E-state index in [-0.39, 0.29) is 24.0 Å². The molecule has 0 atom stereocenters. The molecular formula is C12H8F3NO4. The molecule has 8 heteroatoms. The van der Waals surface area contributed by atoms with Crippen molar-refractivity contribution in [2.75, 3.05) is 6.61 Å². The Morgan fingerprint density at radius 1 is 1.35 bits per heavy atom. The largest absolute Gasteiger partial charge is 0.476 e. The molecule has 1 heterocycles. The van der Waals surface area contributed by atoms with Crippen LogP contribution in [0, 0.1) is 17.5 Å². The first-order valence-electron chi connectivity index (χ1n) is 5.45. The van der Waals surface area contributed by atoms with Gasteiger partial charge in [0.1, 0.15) is 0 Å². The van der Waals surface area contributed by atoms with Crippen LogP contribution in [0.2, 0.25) is 0 Å². The maximum Gasteiger partial charge on any atom is 0.362 e. The Morgan fingerprint density at radius 2 is 1.95 bits per heavy atom. The van der Waals surface area contributed by atoms with Crippen molar-refractivity contribution in [2.45, 2.75) is 6.92 Å². The summed E-state index contributed by atoms with van der Waals surface area (Å²) in [5.74, 6) is -6.71. The van der Waals surface area contributed by atoms with Gasteiger partial charge in [0, 0.05) is 5.56 Å². The lowest BCUT2D eigenvalue weighted by molar-refractivity contribution is 0.0683. The molecule has 0 aliphatic carbocycles. The zero-order valence-electron chi connectivity index (χ0n) is 10.1. The molecule has 20 heavy (non-hydrogen) atoms. The first-order chi connectivity index (χ1) is 9.43. The van der Waals surface area contributed by atoms with Crippen molar-refractivity contribution in [3.05, 3.63) is 35.3 Å². The average molecular weight is 287 g/mol. The molecule has 0 spiro atoms. The number of hydrogen-bond acceptors (Lipinski definition) is 4. The smallest absolute Gasteiger partial charge is 0.362 e. The normalized spacial score (nSPS) is 10.6. The van der Waals surface area contributed by atoms with E-state index in [1.165, 1.54) is 0 Å². The third-order valence-electron chi connectivity index (χ3n) is 2.30. The van der Waals surface area contributed by atoms with Gasteiger partial charge in [0.15, 0.2) is 17.5 Å². The summed E-state index contributed by atoms with van der Waals surface area (Å²) in [6, 6.07) is 1.29. The fourth-order valence-corrected chi connectivity index (χ4v) is 1.47. The molecule has 1 N–H and O–H groups in total. The standard InChI is InChI=1S/C12H8F3NO4/c1-2-19-12-9(11(17)18)16-10(20-12)5-3-6(13)8(15)7(14)4-5/h3-4H,2H2,1H3,(H,17,18). The topological polar surface area (TPSA) is 72.6 Å². The van der Waals surface area contributed by atoms with E-state index in [2.05, 4.69) is 4.98 Å². The zero-order valence-corrected chi connectivity index (χ0v) is 10.1. The van der Waals surface area contributed by atoms with Crippen LogP contribution < -0.4 is 4.74 Å². The maximum absolute atomic E-state index is 13.1. The van der Waals surface area contributed by atoms with Gasteiger partial charge in [0.2, 0.25) is 11.6 Å². The highest BCUT2D eigenvalue weighted by atomic mass is 19.2. The first kappa shape index (κ1) is 13.9. The van der Waals surface area contributed by atoms with E-state index in [1.54, 1.807) is 6.92 Å². The van der Waals surface area contributed by atoms with Gasteiger partial charge in [-0.05, 0) is 19.1 Å². The first-order valence-corrected chi connectivity index (χ1v) is 5.45. The van der Waals surface area contributed by atoms with E-state index in [0.29, 0.717) is 12.1 Å². The third kappa shape index (κ3) is 2.44. The maximum atomic E-state index is 13.1. The van der Waals surface area contributed by atoms with E-state index in [1.807, 2.05) is 0 Å². The van der Waals surface area contributed by atoms with Gasteiger partial charge in [-0.2, -0.15) is 4.98 Å². The van der Waals surface area contributed by atoms with Crippen LogP contribution in [0.4, 0.5) is 13.2 Å². The molecule has 0 aliphatic heterocycles. The molecule has 0 amide bonds. The lowest BCUT2D eigenvalue weighted by Gasteiger charge is -1.99. The summed E-state index contributed by atoms with van der Waals surface area (Å²) in [7, 11) is 0. The Bertz CT molecular complexity index is 646. The fraction of sp³-hybridized carbons (Fsp3) is 0.167. The molecule has 0 fully saturated rings. The van der Waals surface area contributed by atoms with Gasteiger partial charge in [0.05, 0.1) is 6.61 Å². The van der Waals surface area contributed by atoms with Crippen LogP contribution in [0.3, 0.4) is 0 Å². The summed E-state index contributed by atoms with van der Waals surface area (Å²) in [6.45, 7) is 1.70. The molecule has 5 nitrogen and oxygen atoms in total. The lowest BCUT2D eigenvalue weighted by Crippen LogP contribution is -2.01. The van der Waals surface area contributed by atoms with Gasteiger partial charge in [-0.3, -0.25) is 0 Å². The van der Waals surface area contributed by atoms with Crippen LogP contribution in [0.5, 0.6) is 5.95 Å². The van der Waals surface area contributed by atoms with Gasteiger partial charge in [-0.25, -0.2) is 18.0 Å². The molecule has 1 aromatic carbocycles. The molecule has 0 bridgehead atoms. The number of carboxylic acids is 1. The lowest BCUT2D eigenvalue weighted by atomic mass is 10.2. The van der Waals surface area contributed by atoms with Crippen LogP contribution in [-0.4, -0.2) is 22.7 Å². The van der Waals surface area contributed by atoms with Crippen LogP contribution in [0.15, 0.2) is 16.5 Å². The van der Waals surface area contributed by atoms with E-state index < -0.39 is 29.1 Å². The van der Waals surface area contributed by atoms with Crippen molar-refractivity contribution >= 4 is 5.97 Å². The fourth-order valence-electron chi connectivity index (χ4n) is 1.47. The highest BCUT2D eigenvalue weighted by Gasteiger charge is 2.23. The molecule has 106 valence electrons. The molecule has 1 aromatic heterocycles. The van der Waals surface area contributed by atoms with Crippen molar-refractivity contribution in [3.8, 4) is 17.4 Å². The highest BCUT2D eigenvalue weighted by molar-refractivity contribution is 5.88. The van der Waals surface area contributed by atoms with Crippen LogP contribution in [-0.2, 0) is 0 Å². The Labute approximate surface area is 110 Å². The number of rotatable bonds is 4. The molecule has 2 rings (SSSR count). The summed E-state index contributed by atoms with van der Waals surface area (Å²) in [5.41, 5.74) is -0.776. The third-order valence-corrected chi connectivity index (χ3v) is 2.30. The second kappa shape index (κ2) is 5.24. The minimum Gasteiger partial charge on any atom is -0.476 e. The number of ether oxygens (including phenoxy) is 1.